The Hall–Kier alpha value is -2.17. The standard InChI is InChI=1S/C16H20N4O/c1-3-8-17-14-9-15(20-16(19-14)12-5-6-12)21-13-7-4-11(2)18-10-13/h4,7,9-10,12H,3,5-6,8H2,1-2H3,(H,17,19,20). The molecular weight excluding hydrogens is 264 g/mol. The zero-order valence-corrected chi connectivity index (χ0v) is 12.5. The molecule has 1 aliphatic carbocycles. The summed E-state index contributed by atoms with van der Waals surface area (Å²) in [6, 6.07) is 5.68. The highest BCUT2D eigenvalue weighted by Gasteiger charge is 2.27. The minimum atomic E-state index is 0.492. The van der Waals surface area contributed by atoms with Gasteiger partial charge in [0.2, 0.25) is 5.88 Å². The van der Waals surface area contributed by atoms with Crippen molar-refractivity contribution >= 4 is 5.82 Å². The van der Waals surface area contributed by atoms with Gasteiger partial charge in [0.1, 0.15) is 17.4 Å². The van der Waals surface area contributed by atoms with E-state index in [4.69, 9.17) is 4.74 Å². The minimum Gasteiger partial charge on any atom is -0.437 e. The third kappa shape index (κ3) is 3.68. The first-order valence-corrected chi connectivity index (χ1v) is 7.48. The van der Waals surface area contributed by atoms with Gasteiger partial charge in [-0.05, 0) is 38.3 Å². The van der Waals surface area contributed by atoms with Crippen LogP contribution < -0.4 is 10.1 Å². The van der Waals surface area contributed by atoms with Crippen molar-refractivity contribution in [1.82, 2.24) is 15.0 Å². The molecule has 110 valence electrons. The molecule has 1 N–H and O–H groups in total. The van der Waals surface area contributed by atoms with E-state index in [1.54, 1.807) is 6.20 Å². The molecule has 0 atom stereocenters. The van der Waals surface area contributed by atoms with Gasteiger partial charge in [0.15, 0.2) is 0 Å². The van der Waals surface area contributed by atoms with Gasteiger partial charge >= 0.3 is 0 Å². The van der Waals surface area contributed by atoms with Gasteiger partial charge in [-0.3, -0.25) is 4.98 Å². The van der Waals surface area contributed by atoms with Crippen LogP contribution in [0.15, 0.2) is 24.4 Å². The molecule has 0 unspecified atom stereocenters. The fraction of sp³-hybridized carbons (Fsp3) is 0.438. The van der Waals surface area contributed by atoms with Gasteiger partial charge in [0, 0.05) is 24.2 Å². The van der Waals surface area contributed by atoms with Crippen molar-refractivity contribution in [2.75, 3.05) is 11.9 Å². The monoisotopic (exact) mass is 284 g/mol. The van der Waals surface area contributed by atoms with Crippen LogP contribution >= 0.6 is 0 Å². The molecule has 2 aromatic rings. The first-order valence-electron chi connectivity index (χ1n) is 7.48. The van der Waals surface area contributed by atoms with Crippen molar-refractivity contribution < 1.29 is 4.74 Å². The Morgan fingerprint density at radius 1 is 1.29 bits per heavy atom. The third-order valence-corrected chi connectivity index (χ3v) is 3.33. The Morgan fingerprint density at radius 3 is 2.81 bits per heavy atom. The lowest BCUT2D eigenvalue weighted by Gasteiger charge is -2.10. The number of nitrogens with one attached hydrogen (secondary N) is 1. The molecule has 0 amide bonds. The maximum Gasteiger partial charge on any atom is 0.224 e. The molecule has 0 aromatic carbocycles. The number of aromatic nitrogens is 3. The van der Waals surface area contributed by atoms with Crippen molar-refractivity contribution in [3.8, 4) is 11.6 Å². The second-order valence-corrected chi connectivity index (χ2v) is 5.39. The zero-order chi connectivity index (χ0) is 14.7. The van der Waals surface area contributed by atoms with Crippen molar-refractivity contribution in [3.63, 3.8) is 0 Å². The topological polar surface area (TPSA) is 59.9 Å². The SMILES string of the molecule is CCCNc1cc(Oc2ccc(C)nc2)nc(C2CC2)n1. The second kappa shape index (κ2) is 6.08. The van der Waals surface area contributed by atoms with Crippen LogP contribution in [0.5, 0.6) is 11.6 Å². The zero-order valence-electron chi connectivity index (χ0n) is 12.5. The lowest BCUT2D eigenvalue weighted by atomic mass is 10.3. The van der Waals surface area contributed by atoms with Gasteiger partial charge in [-0.25, -0.2) is 4.98 Å². The van der Waals surface area contributed by atoms with E-state index in [0.717, 1.165) is 30.3 Å². The number of rotatable bonds is 6. The van der Waals surface area contributed by atoms with E-state index in [2.05, 4.69) is 27.2 Å². The van der Waals surface area contributed by atoms with Gasteiger partial charge in [0.25, 0.3) is 0 Å². The van der Waals surface area contributed by atoms with Gasteiger partial charge in [-0.1, -0.05) is 6.92 Å². The summed E-state index contributed by atoms with van der Waals surface area (Å²) in [6.45, 7) is 4.98. The van der Waals surface area contributed by atoms with E-state index in [1.165, 1.54) is 12.8 Å². The lowest BCUT2D eigenvalue weighted by Crippen LogP contribution is -2.05. The van der Waals surface area contributed by atoms with Gasteiger partial charge in [-0.2, -0.15) is 4.98 Å². The number of aryl methyl sites for hydroxylation is 1. The normalized spacial score (nSPS) is 14.0. The predicted octanol–water partition coefficient (Wildman–Crippen LogP) is 3.67. The Morgan fingerprint density at radius 2 is 2.14 bits per heavy atom. The first-order chi connectivity index (χ1) is 10.2. The smallest absolute Gasteiger partial charge is 0.224 e. The van der Waals surface area contributed by atoms with Crippen LogP contribution in [0.4, 0.5) is 5.82 Å². The van der Waals surface area contributed by atoms with Crippen LogP contribution in [0.3, 0.4) is 0 Å². The van der Waals surface area contributed by atoms with Crippen LogP contribution in [0.25, 0.3) is 0 Å². The molecule has 0 radical (unpaired) electrons. The summed E-state index contributed by atoms with van der Waals surface area (Å²) in [7, 11) is 0. The second-order valence-electron chi connectivity index (χ2n) is 5.39. The predicted molar refractivity (Wildman–Crippen MR) is 81.8 cm³/mol. The van der Waals surface area contributed by atoms with Crippen LogP contribution in [0.2, 0.25) is 0 Å². The maximum absolute atomic E-state index is 5.82. The number of anilines is 1. The van der Waals surface area contributed by atoms with Gasteiger partial charge in [0.05, 0.1) is 6.20 Å². The minimum absolute atomic E-state index is 0.492. The van der Waals surface area contributed by atoms with E-state index in [-0.39, 0.29) is 0 Å². The number of ether oxygens (including phenoxy) is 1. The Bertz CT molecular complexity index is 608. The van der Waals surface area contributed by atoms with Crippen molar-refractivity contribution in [3.05, 3.63) is 35.9 Å². The fourth-order valence-corrected chi connectivity index (χ4v) is 2.00. The highest BCUT2D eigenvalue weighted by molar-refractivity contribution is 5.40. The third-order valence-electron chi connectivity index (χ3n) is 3.33. The molecule has 1 saturated carbocycles. The molecule has 0 bridgehead atoms. The maximum atomic E-state index is 5.82. The van der Waals surface area contributed by atoms with E-state index in [9.17, 15) is 0 Å². The molecule has 1 aliphatic rings. The largest absolute Gasteiger partial charge is 0.437 e. The van der Waals surface area contributed by atoms with Gasteiger partial charge in [-0.15, -0.1) is 0 Å². The molecule has 0 spiro atoms. The molecule has 1 fully saturated rings. The van der Waals surface area contributed by atoms with Crippen LogP contribution in [0.1, 0.15) is 43.6 Å². The van der Waals surface area contributed by atoms with Gasteiger partial charge < -0.3 is 10.1 Å². The van der Waals surface area contributed by atoms with Crippen molar-refractivity contribution in [1.29, 1.82) is 0 Å². The van der Waals surface area contributed by atoms with Crippen LogP contribution in [-0.2, 0) is 0 Å². The fourth-order valence-electron chi connectivity index (χ4n) is 2.00. The lowest BCUT2D eigenvalue weighted by molar-refractivity contribution is 0.456. The summed E-state index contributed by atoms with van der Waals surface area (Å²) in [5.41, 5.74) is 0.967. The number of hydrogen-bond acceptors (Lipinski definition) is 5. The van der Waals surface area contributed by atoms with E-state index >= 15 is 0 Å². The average molecular weight is 284 g/mol. The van der Waals surface area contributed by atoms with E-state index in [0.29, 0.717) is 17.5 Å². The molecule has 5 nitrogen and oxygen atoms in total. The molecule has 21 heavy (non-hydrogen) atoms. The highest BCUT2D eigenvalue weighted by atomic mass is 16.5. The van der Waals surface area contributed by atoms with Crippen LogP contribution in [0, 0.1) is 6.92 Å². The molecule has 5 heteroatoms. The van der Waals surface area contributed by atoms with Crippen LogP contribution in [-0.4, -0.2) is 21.5 Å². The van der Waals surface area contributed by atoms with Crippen molar-refractivity contribution in [2.45, 2.75) is 39.0 Å². The van der Waals surface area contributed by atoms with E-state index < -0.39 is 0 Å². The summed E-state index contributed by atoms with van der Waals surface area (Å²) in [6.07, 6.45) is 5.11. The molecule has 0 aliphatic heterocycles. The molecule has 2 heterocycles. The summed E-state index contributed by atoms with van der Waals surface area (Å²) >= 11 is 0. The molecule has 0 saturated heterocycles. The van der Waals surface area contributed by atoms with E-state index in [1.807, 2.05) is 25.1 Å². The summed E-state index contributed by atoms with van der Waals surface area (Å²) < 4.78 is 5.82. The number of nitrogens with zero attached hydrogens (tertiary/aromatic N) is 3. The number of pyridine rings is 1. The van der Waals surface area contributed by atoms with Crippen molar-refractivity contribution in [2.24, 2.45) is 0 Å². The Balaban J connectivity index is 1.82. The quantitative estimate of drug-likeness (QED) is 0.877. The summed E-state index contributed by atoms with van der Waals surface area (Å²) in [4.78, 5) is 13.3. The molecule has 2 aromatic heterocycles. The highest BCUT2D eigenvalue weighted by Crippen LogP contribution is 2.39. The summed E-state index contributed by atoms with van der Waals surface area (Å²) in [5.74, 6) is 3.49. The Labute approximate surface area is 124 Å². The number of hydrogen-bond donors (Lipinski definition) is 1. The Kier molecular flexibility index (Phi) is 3.99. The first kappa shape index (κ1) is 13.8. The molecule has 3 rings (SSSR count). The molecular formula is C16H20N4O. The average Bonchev–Trinajstić information content (AvgIpc) is 3.32. The summed E-state index contributed by atoms with van der Waals surface area (Å²) in [5, 5.41) is 3.31.